The molecule has 0 rings (SSSR count). The summed E-state index contributed by atoms with van der Waals surface area (Å²) >= 11 is -6.02. The number of hydrogen-bond donors (Lipinski definition) is 2. The molecule has 0 heterocycles. The van der Waals surface area contributed by atoms with Crippen LogP contribution in [0.1, 0.15) is 46.0 Å². The van der Waals surface area contributed by atoms with E-state index in [0.29, 0.717) is 0 Å². The second kappa shape index (κ2) is 36.0. The second-order valence-electron chi connectivity index (χ2n) is 2.47. The van der Waals surface area contributed by atoms with E-state index in [2.05, 4.69) is 13.8 Å². The summed E-state index contributed by atoms with van der Waals surface area (Å²) in [5, 5.41) is 0. The number of rotatable bonds is 4. The molecule has 0 saturated carbocycles. The molecule has 0 aromatic carbocycles. The van der Waals surface area contributed by atoms with E-state index in [9.17, 15) is 0 Å². The van der Waals surface area contributed by atoms with Gasteiger partial charge in [0.1, 0.15) is 0 Å². The zero-order valence-corrected chi connectivity index (χ0v) is 13.6. The molecule has 0 saturated heterocycles. The van der Waals surface area contributed by atoms with Crippen LogP contribution < -0.4 is 19.8 Å². The Balaban J connectivity index is -0.0000000142. The molecule has 11 heteroatoms. The van der Waals surface area contributed by atoms with Crippen LogP contribution in [0.25, 0.3) is 0 Å². The summed E-state index contributed by atoms with van der Waals surface area (Å²) in [5.74, 6) is 0. The summed E-state index contributed by atoms with van der Waals surface area (Å²) in [6.45, 7) is 4.49. The minimum atomic E-state index is -6.02. The molecule has 0 amide bonds. The fraction of sp³-hybridized carbons (Fsp3) is 1.00. The van der Waals surface area contributed by atoms with Crippen LogP contribution in [0.5, 0.6) is 0 Å². The Morgan fingerprint density at radius 1 is 0.722 bits per heavy atom. The standard InChI is InChI=1S/C7H16.Mo.2H3N.4H2O.4O/c1-3-5-7-6-4-2;;;;;;;;;;;/h3-7H2,1-2H3;;2*1H3;4*1H2;;;;/q;;;;;;;;;;2*-1/p+2. The molecule has 0 aliphatic rings. The molecule has 0 spiro atoms. The van der Waals surface area contributed by atoms with E-state index in [4.69, 9.17) is 14.3 Å². The van der Waals surface area contributed by atoms with E-state index >= 15 is 0 Å². The average Bonchev–Trinajstić information content (AvgIpc) is 1.85. The van der Waals surface area contributed by atoms with Gasteiger partial charge in [0, 0.05) is 0 Å². The van der Waals surface area contributed by atoms with Gasteiger partial charge in [-0.3, -0.25) is 0 Å². The monoisotopic (exact) mass is 370 g/mol. The molecule has 10 nitrogen and oxygen atoms in total. The molecule has 0 radical (unpaired) electrons. The van der Waals surface area contributed by atoms with E-state index in [1.807, 2.05) is 0 Å². The van der Waals surface area contributed by atoms with E-state index in [-0.39, 0.29) is 34.2 Å². The van der Waals surface area contributed by atoms with Crippen molar-refractivity contribution in [1.82, 2.24) is 12.3 Å². The number of hydrogen-bond acceptors (Lipinski definition) is 4. The van der Waals surface area contributed by atoms with E-state index in [1.54, 1.807) is 0 Å². The molecule has 0 fully saturated rings. The molecule has 124 valence electrons. The number of unbranched alkanes of at least 4 members (excludes halogenated alkanes) is 4. The molecular weight excluding hydrogens is 336 g/mol. The van der Waals surface area contributed by atoms with Gasteiger partial charge in [0.15, 0.2) is 0 Å². The van der Waals surface area contributed by atoms with Crippen molar-refractivity contribution in [2.75, 3.05) is 0 Å². The van der Waals surface area contributed by atoms with E-state index in [0.717, 1.165) is 0 Å². The van der Waals surface area contributed by atoms with Gasteiger partial charge < -0.3 is 34.2 Å². The van der Waals surface area contributed by atoms with Crippen LogP contribution in [-0.4, -0.2) is 21.9 Å². The quantitative estimate of drug-likeness (QED) is 0.412. The van der Waals surface area contributed by atoms with Gasteiger partial charge in [-0.2, -0.15) is 0 Å². The van der Waals surface area contributed by atoms with Crippen molar-refractivity contribution in [2.24, 2.45) is 0 Å². The zero-order chi connectivity index (χ0) is 10.0. The van der Waals surface area contributed by atoms with E-state index in [1.165, 1.54) is 32.1 Å². The summed E-state index contributed by atoms with van der Waals surface area (Å²) in [4.78, 5) is 0. The van der Waals surface area contributed by atoms with Crippen molar-refractivity contribution < 1.29 is 53.0 Å². The van der Waals surface area contributed by atoms with Gasteiger partial charge in [0.05, 0.1) is 0 Å². The first kappa shape index (κ1) is 52.1. The summed E-state index contributed by atoms with van der Waals surface area (Å²) < 4.78 is 34.5. The van der Waals surface area contributed by atoms with Gasteiger partial charge in [-0.15, -0.1) is 0 Å². The molecule has 0 aliphatic heterocycles. The van der Waals surface area contributed by atoms with Crippen molar-refractivity contribution >= 4 is 0 Å². The van der Waals surface area contributed by atoms with Crippen LogP contribution in [0.4, 0.5) is 0 Å². The minimum absolute atomic E-state index is 0. The van der Waals surface area contributed by atoms with Crippen LogP contribution in [0.2, 0.25) is 0 Å². The van der Waals surface area contributed by atoms with Gasteiger partial charge in [-0.05, 0) is 0 Å². The summed E-state index contributed by atoms with van der Waals surface area (Å²) in [6.07, 6.45) is 7.01. The van der Waals surface area contributed by atoms with Crippen LogP contribution in [0.15, 0.2) is 0 Å². The maximum atomic E-state index is 8.63. The Bertz CT molecular complexity index is 164. The topological polar surface area (TPSA) is 279 Å². The summed E-state index contributed by atoms with van der Waals surface area (Å²) in [5.41, 5.74) is 0. The molecule has 0 aromatic rings. The van der Waals surface area contributed by atoms with Crippen molar-refractivity contribution in [3.8, 4) is 0 Å². The fourth-order valence-electron chi connectivity index (χ4n) is 0.677. The first-order valence-electron chi connectivity index (χ1n) is 4.08. The predicted octanol–water partition coefficient (Wildman–Crippen LogP) is -2.19. The van der Waals surface area contributed by atoms with Crippen LogP contribution in [0.3, 0.4) is 0 Å². The van der Waals surface area contributed by atoms with Crippen molar-refractivity contribution in [3.05, 3.63) is 0 Å². The van der Waals surface area contributed by atoms with Crippen molar-refractivity contribution in [3.63, 3.8) is 0 Å². The zero-order valence-electron chi connectivity index (χ0n) is 11.6. The number of quaternary nitrogens is 2. The van der Waals surface area contributed by atoms with Gasteiger partial charge in [0.25, 0.3) is 0 Å². The van der Waals surface area contributed by atoms with Crippen molar-refractivity contribution in [2.45, 2.75) is 46.0 Å². The third kappa shape index (κ3) is 227. The SMILES string of the molecule is CCCCCCC.O.O.O.O.[NH4+].[NH4+].[O]=[Mo](=[O])([O-])[O-]. The molecule has 0 bridgehead atoms. The van der Waals surface area contributed by atoms with Crippen LogP contribution >= 0.6 is 0 Å². The second-order valence-corrected chi connectivity index (χ2v) is 4.48. The Kier molecular flexibility index (Phi) is 104. The van der Waals surface area contributed by atoms with Gasteiger partial charge >= 0.3 is 31.1 Å². The molecule has 0 unspecified atom stereocenters. The summed E-state index contributed by atoms with van der Waals surface area (Å²) in [7, 11) is 0. The molecule has 0 aromatic heterocycles. The third-order valence-corrected chi connectivity index (χ3v) is 1.21. The first-order valence-corrected chi connectivity index (χ1v) is 7.36. The third-order valence-electron chi connectivity index (χ3n) is 1.21. The van der Waals surface area contributed by atoms with Gasteiger partial charge in [-0.1, -0.05) is 46.0 Å². The molecule has 18 heavy (non-hydrogen) atoms. The fourth-order valence-corrected chi connectivity index (χ4v) is 0.677. The molecule has 0 aliphatic carbocycles. The Hall–Kier alpha value is -0.0317. The van der Waals surface area contributed by atoms with Crippen LogP contribution in [-0.2, 0) is 23.5 Å². The predicted molar refractivity (Wildman–Crippen MR) is 62.2 cm³/mol. The molecular formula is C7H32MoN2O8. The summed E-state index contributed by atoms with van der Waals surface area (Å²) in [6, 6.07) is 0. The molecule has 16 N–H and O–H groups in total. The maximum absolute atomic E-state index is 8.63. The first-order chi connectivity index (χ1) is 5.41. The Morgan fingerprint density at radius 3 is 1.00 bits per heavy atom. The molecule has 0 atom stereocenters. The Morgan fingerprint density at radius 2 is 0.889 bits per heavy atom. The average molecular weight is 368 g/mol. The van der Waals surface area contributed by atoms with E-state index < -0.39 is 16.7 Å². The van der Waals surface area contributed by atoms with Gasteiger partial charge in [-0.25, -0.2) is 0 Å². The Labute approximate surface area is 112 Å². The van der Waals surface area contributed by atoms with Crippen LogP contribution in [0, 0.1) is 0 Å². The van der Waals surface area contributed by atoms with Crippen molar-refractivity contribution in [1.29, 1.82) is 0 Å². The van der Waals surface area contributed by atoms with Gasteiger partial charge in [0.2, 0.25) is 0 Å². The normalized spacial score (nSPS) is 6.89.